The van der Waals surface area contributed by atoms with Crippen molar-refractivity contribution in [3.63, 3.8) is 0 Å². The predicted octanol–water partition coefficient (Wildman–Crippen LogP) is 2.57. The van der Waals surface area contributed by atoms with Gasteiger partial charge in [-0.05, 0) is 25.5 Å². The Morgan fingerprint density at radius 1 is 1.40 bits per heavy atom. The average molecular weight is 272 g/mol. The van der Waals surface area contributed by atoms with Crippen molar-refractivity contribution in [2.75, 3.05) is 0 Å². The monoisotopic (exact) mass is 271 g/mol. The highest BCUT2D eigenvalue weighted by atomic mass is 79.9. The molecule has 82 valence electrons. The van der Waals surface area contributed by atoms with Gasteiger partial charge >= 0.3 is 5.97 Å². The van der Waals surface area contributed by atoms with E-state index in [1.165, 1.54) is 0 Å². The van der Waals surface area contributed by atoms with Crippen LogP contribution in [0.2, 0.25) is 0 Å². The molecule has 0 aliphatic heterocycles. The van der Waals surface area contributed by atoms with Crippen LogP contribution in [0.3, 0.4) is 0 Å². The number of hydrogen-bond donors (Lipinski definition) is 2. The van der Waals surface area contributed by atoms with Gasteiger partial charge in [0.15, 0.2) is 0 Å². The highest BCUT2D eigenvalue weighted by Crippen LogP contribution is 2.22. The first-order valence-electron chi connectivity index (χ1n) is 4.75. The lowest BCUT2D eigenvalue weighted by Crippen LogP contribution is -2.35. The topological polar surface area (TPSA) is 49.3 Å². The summed E-state index contributed by atoms with van der Waals surface area (Å²) in [5.41, 5.74) is 1.06. The Hall–Kier alpha value is -0.870. The van der Waals surface area contributed by atoms with E-state index in [1.54, 1.807) is 6.92 Å². The molecule has 0 bridgehead atoms. The number of nitrogens with one attached hydrogen (secondary N) is 1. The Bertz CT molecular complexity index is 354. The van der Waals surface area contributed by atoms with Crippen LogP contribution in [-0.2, 0) is 4.79 Å². The molecule has 0 aliphatic rings. The van der Waals surface area contributed by atoms with Gasteiger partial charge in [-0.2, -0.15) is 0 Å². The van der Waals surface area contributed by atoms with Crippen LogP contribution in [0, 0.1) is 0 Å². The van der Waals surface area contributed by atoms with Crippen LogP contribution in [0.4, 0.5) is 0 Å². The van der Waals surface area contributed by atoms with Crippen LogP contribution in [0.5, 0.6) is 0 Å². The number of rotatable bonds is 4. The van der Waals surface area contributed by atoms with Crippen molar-refractivity contribution in [1.82, 2.24) is 5.32 Å². The summed E-state index contributed by atoms with van der Waals surface area (Å²) in [5.74, 6) is -0.839. The lowest BCUT2D eigenvalue weighted by Gasteiger charge is -2.18. The summed E-state index contributed by atoms with van der Waals surface area (Å²) in [6.07, 6.45) is 0. The molecule has 3 nitrogen and oxygen atoms in total. The molecule has 1 aromatic carbocycles. The van der Waals surface area contributed by atoms with Gasteiger partial charge in [0.05, 0.1) is 0 Å². The molecule has 0 fully saturated rings. The molecule has 0 aromatic heterocycles. The molecular formula is C11H14BrNO2. The van der Waals surface area contributed by atoms with E-state index in [9.17, 15) is 4.79 Å². The molecule has 0 aliphatic carbocycles. The van der Waals surface area contributed by atoms with Gasteiger partial charge in [-0.15, -0.1) is 0 Å². The number of halogens is 1. The molecule has 2 atom stereocenters. The second-order valence-electron chi connectivity index (χ2n) is 3.47. The zero-order valence-electron chi connectivity index (χ0n) is 8.70. The molecule has 1 unspecified atom stereocenters. The van der Waals surface area contributed by atoms with Gasteiger partial charge in [0.25, 0.3) is 0 Å². The summed E-state index contributed by atoms with van der Waals surface area (Å²) >= 11 is 3.44. The van der Waals surface area contributed by atoms with Crippen molar-refractivity contribution in [2.24, 2.45) is 0 Å². The van der Waals surface area contributed by atoms with Gasteiger partial charge < -0.3 is 5.11 Å². The first-order valence-corrected chi connectivity index (χ1v) is 5.55. The van der Waals surface area contributed by atoms with E-state index in [-0.39, 0.29) is 6.04 Å². The highest BCUT2D eigenvalue weighted by molar-refractivity contribution is 9.10. The van der Waals surface area contributed by atoms with E-state index in [0.29, 0.717) is 0 Å². The summed E-state index contributed by atoms with van der Waals surface area (Å²) in [6, 6.07) is 7.23. The molecule has 2 N–H and O–H groups in total. The standard InChI is InChI=1S/C11H14BrNO2/c1-7(13-8(2)11(14)15)9-5-3-4-6-10(9)12/h3-8,13H,1-2H3,(H,14,15)/t7-,8?/m1/s1. The maximum atomic E-state index is 10.7. The maximum absolute atomic E-state index is 10.7. The molecule has 15 heavy (non-hydrogen) atoms. The fraction of sp³-hybridized carbons (Fsp3) is 0.364. The zero-order chi connectivity index (χ0) is 11.4. The molecule has 1 rings (SSSR count). The normalized spacial score (nSPS) is 14.6. The SMILES string of the molecule is CC(N[C@H](C)c1ccccc1Br)C(=O)O. The Morgan fingerprint density at radius 3 is 2.53 bits per heavy atom. The summed E-state index contributed by atoms with van der Waals surface area (Å²) in [6.45, 7) is 3.58. The molecule has 0 saturated carbocycles. The van der Waals surface area contributed by atoms with E-state index in [4.69, 9.17) is 5.11 Å². The third kappa shape index (κ3) is 3.32. The fourth-order valence-electron chi connectivity index (χ4n) is 1.36. The van der Waals surface area contributed by atoms with E-state index >= 15 is 0 Å². The van der Waals surface area contributed by atoms with Gasteiger partial charge in [0, 0.05) is 10.5 Å². The molecular weight excluding hydrogens is 258 g/mol. The van der Waals surface area contributed by atoms with Crippen LogP contribution >= 0.6 is 15.9 Å². The van der Waals surface area contributed by atoms with Crippen LogP contribution in [0.25, 0.3) is 0 Å². The molecule has 0 spiro atoms. The largest absolute Gasteiger partial charge is 0.480 e. The Balaban J connectivity index is 2.73. The Morgan fingerprint density at radius 2 is 2.00 bits per heavy atom. The van der Waals surface area contributed by atoms with Crippen molar-refractivity contribution < 1.29 is 9.90 Å². The van der Waals surface area contributed by atoms with Crippen LogP contribution < -0.4 is 5.32 Å². The number of carboxylic acids is 1. The quantitative estimate of drug-likeness (QED) is 0.885. The maximum Gasteiger partial charge on any atom is 0.320 e. The third-order valence-electron chi connectivity index (χ3n) is 2.24. The lowest BCUT2D eigenvalue weighted by atomic mass is 10.1. The van der Waals surface area contributed by atoms with E-state index < -0.39 is 12.0 Å². The Kier molecular flexibility index (Phi) is 4.29. The number of aliphatic carboxylic acids is 1. The minimum absolute atomic E-state index is 0.00618. The van der Waals surface area contributed by atoms with Crippen molar-refractivity contribution in [2.45, 2.75) is 25.9 Å². The van der Waals surface area contributed by atoms with Crippen LogP contribution in [-0.4, -0.2) is 17.1 Å². The van der Waals surface area contributed by atoms with Crippen molar-refractivity contribution in [3.05, 3.63) is 34.3 Å². The summed E-state index contributed by atoms with van der Waals surface area (Å²) in [5, 5.41) is 11.8. The van der Waals surface area contributed by atoms with Crippen molar-refractivity contribution in [3.8, 4) is 0 Å². The number of carboxylic acid groups (broad SMARTS) is 1. The van der Waals surface area contributed by atoms with Crippen LogP contribution in [0.15, 0.2) is 28.7 Å². The molecule has 0 amide bonds. The van der Waals surface area contributed by atoms with E-state index in [0.717, 1.165) is 10.0 Å². The minimum Gasteiger partial charge on any atom is -0.480 e. The number of benzene rings is 1. The van der Waals surface area contributed by atoms with Gasteiger partial charge in [0.2, 0.25) is 0 Å². The minimum atomic E-state index is -0.839. The zero-order valence-corrected chi connectivity index (χ0v) is 10.3. The molecule has 1 aromatic rings. The predicted molar refractivity (Wildman–Crippen MR) is 62.8 cm³/mol. The third-order valence-corrected chi connectivity index (χ3v) is 2.96. The summed E-state index contributed by atoms with van der Waals surface area (Å²) in [4.78, 5) is 10.7. The fourth-order valence-corrected chi connectivity index (χ4v) is 1.99. The van der Waals surface area contributed by atoms with Gasteiger partial charge in [-0.1, -0.05) is 34.1 Å². The van der Waals surface area contributed by atoms with E-state index in [1.807, 2.05) is 31.2 Å². The van der Waals surface area contributed by atoms with E-state index in [2.05, 4.69) is 21.2 Å². The summed E-state index contributed by atoms with van der Waals surface area (Å²) in [7, 11) is 0. The van der Waals surface area contributed by atoms with Crippen LogP contribution in [0.1, 0.15) is 25.5 Å². The van der Waals surface area contributed by atoms with Gasteiger partial charge in [-0.3, -0.25) is 10.1 Å². The molecule has 0 radical (unpaired) electrons. The highest BCUT2D eigenvalue weighted by Gasteiger charge is 2.15. The Labute approximate surface area is 97.6 Å². The summed E-state index contributed by atoms with van der Waals surface area (Å²) < 4.78 is 0.989. The van der Waals surface area contributed by atoms with Gasteiger partial charge in [-0.25, -0.2) is 0 Å². The lowest BCUT2D eigenvalue weighted by molar-refractivity contribution is -0.139. The molecule has 4 heteroatoms. The molecule has 0 saturated heterocycles. The second kappa shape index (κ2) is 5.28. The van der Waals surface area contributed by atoms with Crippen molar-refractivity contribution >= 4 is 21.9 Å². The second-order valence-corrected chi connectivity index (χ2v) is 4.32. The first kappa shape index (κ1) is 12.2. The van der Waals surface area contributed by atoms with Gasteiger partial charge in [0.1, 0.15) is 6.04 Å². The first-order chi connectivity index (χ1) is 7.02. The average Bonchev–Trinajstić information content (AvgIpc) is 2.18. The molecule has 0 heterocycles. The number of hydrogen-bond acceptors (Lipinski definition) is 2. The van der Waals surface area contributed by atoms with Crippen molar-refractivity contribution in [1.29, 1.82) is 0 Å². The smallest absolute Gasteiger partial charge is 0.320 e. The number of carbonyl (C=O) groups is 1.